The van der Waals surface area contributed by atoms with Crippen LogP contribution in [0.2, 0.25) is 0 Å². The predicted molar refractivity (Wildman–Crippen MR) is 122 cm³/mol. The van der Waals surface area contributed by atoms with Crippen LogP contribution in [-0.4, -0.2) is 62.7 Å². The number of carbonyl (C=O) groups is 3. The Bertz CT molecular complexity index is 1180. The summed E-state index contributed by atoms with van der Waals surface area (Å²) in [5.41, 5.74) is 5.01. The fourth-order valence-corrected chi connectivity index (χ4v) is 3.94. The summed E-state index contributed by atoms with van der Waals surface area (Å²) in [5, 5.41) is 19.5. The number of carbonyl (C=O) groups excluding carboxylic acids is 2. The maximum atomic E-state index is 12.3. The zero-order valence-electron chi connectivity index (χ0n) is 18.8. The highest BCUT2D eigenvalue weighted by molar-refractivity contribution is 5.83. The van der Waals surface area contributed by atoms with Crippen LogP contribution in [0.15, 0.2) is 54.7 Å². The van der Waals surface area contributed by atoms with Gasteiger partial charge < -0.3 is 20.1 Å². The van der Waals surface area contributed by atoms with Gasteiger partial charge in [-0.15, -0.1) is 5.10 Å². The first-order valence-corrected chi connectivity index (χ1v) is 10.8. The molecule has 0 saturated heterocycles. The number of nitrogens with zero attached hydrogens (tertiary/aromatic N) is 4. The maximum absolute atomic E-state index is 12.3. The van der Waals surface area contributed by atoms with E-state index < -0.39 is 24.0 Å². The number of alkyl carbamates (subject to hydrolysis) is 1. The molecule has 0 bridgehead atoms. The lowest BCUT2D eigenvalue weighted by Crippen LogP contribution is -2.41. The lowest BCUT2D eigenvalue weighted by Gasteiger charge is -2.21. The highest BCUT2D eigenvalue weighted by Gasteiger charge is 2.29. The fourth-order valence-electron chi connectivity index (χ4n) is 3.94. The van der Waals surface area contributed by atoms with Gasteiger partial charge in [-0.1, -0.05) is 53.7 Å². The number of aliphatic carboxylic acids is 1. The first-order valence-electron chi connectivity index (χ1n) is 10.8. The number of amides is 2. The third-order valence-corrected chi connectivity index (χ3v) is 5.97. The van der Waals surface area contributed by atoms with Crippen LogP contribution in [0.5, 0.6) is 0 Å². The van der Waals surface area contributed by atoms with Gasteiger partial charge in [0.25, 0.3) is 0 Å². The second-order valence-corrected chi connectivity index (χ2v) is 8.11. The van der Waals surface area contributed by atoms with E-state index in [9.17, 15) is 14.4 Å². The molecule has 0 spiro atoms. The first kappa shape index (κ1) is 23.0. The van der Waals surface area contributed by atoms with Crippen LogP contribution in [0, 0.1) is 0 Å². The van der Waals surface area contributed by atoms with Gasteiger partial charge in [0.1, 0.15) is 24.9 Å². The van der Waals surface area contributed by atoms with Crippen molar-refractivity contribution < 1.29 is 24.2 Å². The zero-order valence-corrected chi connectivity index (χ0v) is 18.8. The molecule has 0 radical (unpaired) electrons. The van der Waals surface area contributed by atoms with E-state index in [1.165, 1.54) is 24.9 Å². The molecule has 2 amide bonds. The second-order valence-electron chi connectivity index (χ2n) is 8.11. The molecule has 0 saturated carbocycles. The van der Waals surface area contributed by atoms with E-state index in [0.29, 0.717) is 5.69 Å². The molecule has 0 aliphatic heterocycles. The van der Waals surface area contributed by atoms with Crippen molar-refractivity contribution in [3.63, 3.8) is 0 Å². The second kappa shape index (κ2) is 9.74. The van der Waals surface area contributed by atoms with E-state index in [1.54, 1.807) is 0 Å². The van der Waals surface area contributed by atoms with Crippen LogP contribution in [-0.2, 0) is 27.4 Å². The molecular formula is C24H25N5O5. The number of rotatable bonds is 8. The van der Waals surface area contributed by atoms with Crippen molar-refractivity contribution in [2.45, 2.75) is 32.0 Å². The van der Waals surface area contributed by atoms with Gasteiger partial charge >= 0.3 is 12.1 Å². The maximum Gasteiger partial charge on any atom is 0.407 e. The summed E-state index contributed by atoms with van der Waals surface area (Å²) in [6, 6.07) is 15.2. The number of ether oxygens (including phenoxy) is 1. The normalized spacial score (nSPS) is 13.0. The van der Waals surface area contributed by atoms with Gasteiger partial charge in [0.2, 0.25) is 5.91 Å². The smallest absolute Gasteiger partial charge is 0.407 e. The van der Waals surface area contributed by atoms with Gasteiger partial charge in [-0.3, -0.25) is 4.79 Å². The molecule has 1 heterocycles. The molecule has 3 aromatic rings. The van der Waals surface area contributed by atoms with Crippen molar-refractivity contribution in [3.05, 3.63) is 71.5 Å². The number of fused-ring (bicyclic) bond motifs is 3. The number of carboxylic acid groups (broad SMARTS) is 1. The molecule has 1 aliphatic rings. The Hall–Kier alpha value is -4.21. The Morgan fingerprint density at radius 1 is 1.12 bits per heavy atom. The standard InChI is InChI=1S/C24H25N5O5/c1-15(23(31)32)28(2)22(30)13-29-12-16(26-27-29)11-25-24(33)34-14-21-19-9-5-3-7-17(19)18-8-4-6-10-20(18)21/h3-10,12,15,21H,11,13-14H2,1-2H3,(H,25,33)(H,31,32). The molecule has 1 aliphatic carbocycles. The van der Waals surface area contributed by atoms with Gasteiger partial charge in [-0.05, 0) is 29.2 Å². The summed E-state index contributed by atoms with van der Waals surface area (Å²) in [7, 11) is 1.41. The summed E-state index contributed by atoms with van der Waals surface area (Å²) >= 11 is 0. The van der Waals surface area contributed by atoms with Crippen LogP contribution in [0.25, 0.3) is 11.1 Å². The molecule has 2 aromatic carbocycles. The Morgan fingerprint density at radius 2 is 1.74 bits per heavy atom. The van der Waals surface area contributed by atoms with E-state index in [4.69, 9.17) is 9.84 Å². The van der Waals surface area contributed by atoms with Crippen molar-refractivity contribution in [1.29, 1.82) is 0 Å². The molecule has 4 rings (SSSR count). The topological polar surface area (TPSA) is 127 Å². The summed E-state index contributed by atoms with van der Waals surface area (Å²) < 4.78 is 6.79. The van der Waals surface area contributed by atoms with E-state index in [-0.39, 0.29) is 25.6 Å². The number of aromatic nitrogens is 3. The van der Waals surface area contributed by atoms with Crippen molar-refractivity contribution >= 4 is 18.0 Å². The molecule has 0 fully saturated rings. The zero-order chi connectivity index (χ0) is 24.2. The monoisotopic (exact) mass is 463 g/mol. The largest absolute Gasteiger partial charge is 0.480 e. The summed E-state index contributed by atoms with van der Waals surface area (Å²) in [4.78, 5) is 36.7. The molecule has 1 atom stereocenters. The van der Waals surface area contributed by atoms with Gasteiger partial charge in [0.05, 0.1) is 12.7 Å². The summed E-state index contributed by atoms with van der Waals surface area (Å²) in [6.45, 7) is 1.54. The lowest BCUT2D eigenvalue weighted by molar-refractivity contribution is -0.148. The van der Waals surface area contributed by atoms with Crippen molar-refractivity contribution in [1.82, 2.24) is 25.2 Å². The Balaban J connectivity index is 1.29. The lowest BCUT2D eigenvalue weighted by atomic mass is 9.98. The van der Waals surface area contributed by atoms with Crippen molar-refractivity contribution in [3.8, 4) is 11.1 Å². The van der Waals surface area contributed by atoms with Gasteiger partial charge in [0, 0.05) is 13.0 Å². The number of likely N-dealkylation sites (N-methyl/N-ethyl adjacent to an activating group) is 1. The van der Waals surface area contributed by atoms with Gasteiger partial charge in [-0.25, -0.2) is 14.3 Å². The molecule has 34 heavy (non-hydrogen) atoms. The quantitative estimate of drug-likeness (QED) is 0.525. The van der Waals surface area contributed by atoms with E-state index >= 15 is 0 Å². The molecule has 1 unspecified atom stereocenters. The highest BCUT2D eigenvalue weighted by Crippen LogP contribution is 2.44. The molecular weight excluding hydrogens is 438 g/mol. The average molecular weight is 463 g/mol. The van der Waals surface area contributed by atoms with Crippen LogP contribution < -0.4 is 5.32 Å². The van der Waals surface area contributed by atoms with Gasteiger partial charge in [-0.2, -0.15) is 0 Å². The number of benzene rings is 2. The summed E-state index contributed by atoms with van der Waals surface area (Å²) in [5.74, 6) is -1.55. The minimum Gasteiger partial charge on any atom is -0.480 e. The van der Waals surface area contributed by atoms with Crippen LogP contribution in [0.1, 0.15) is 29.7 Å². The van der Waals surface area contributed by atoms with Gasteiger partial charge in [0.15, 0.2) is 0 Å². The van der Waals surface area contributed by atoms with Crippen molar-refractivity contribution in [2.24, 2.45) is 0 Å². The van der Waals surface area contributed by atoms with Crippen molar-refractivity contribution in [2.75, 3.05) is 13.7 Å². The highest BCUT2D eigenvalue weighted by atomic mass is 16.5. The van der Waals surface area contributed by atoms with Crippen LogP contribution >= 0.6 is 0 Å². The summed E-state index contributed by atoms with van der Waals surface area (Å²) in [6.07, 6.45) is 0.934. The molecule has 176 valence electrons. The Kier molecular flexibility index (Phi) is 6.58. The van der Waals surface area contributed by atoms with Crippen LogP contribution in [0.3, 0.4) is 0 Å². The molecule has 2 N–H and O–H groups in total. The number of nitrogens with one attached hydrogen (secondary N) is 1. The molecule has 10 nitrogen and oxygen atoms in total. The average Bonchev–Trinajstić information content (AvgIpc) is 3.42. The molecule has 10 heteroatoms. The van der Waals surface area contributed by atoms with E-state index in [0.717, 1.165) is 27.2 Å². The third kappa shape index (κ3) is 4.75. The fraction of sp³-hybridized carbons (Fsp3) is 0.292. The van der Waals surface area contributed by atoms with Crippen LogP contribution in [0.4, 0.5) is 4.79 Å². The minimum absolute atomic E-state index is 0.0322. The molecule has 1 aromatic heterocycles. The minimum atomic E-state index is -1.09. The third-order valence-electron chi connectivity index (χ3n) is 5.97. The Morgan fingerprint density at radius 3 is 2.35 bits per heavy atom. The SMILES string of the molecule is CC(C(=O)O)N(C)C(=O)Cn1cc(CNC(=O)OCC2c3ccccc3-c3ccccc32)nn1. The first-order chi connectivity index (χ1) is 16.3. The predicted octanol–water partition coefficient (Wildman–Crippen LogP) is 2.25. The Labute approximate surface area is 196 Å². The number of hydrogen-bond donors (Lipinski definition) is 2. The number of carboxylic acids is 1. The van der Waals surface area contributed by atoms with E-state index in [1.807, 2.05) is 24.3 Å². The number of hydrogen-bond acceptors (Lipinski definition) is 6. The van der Waals surface area contributed by atoms with E-state index in [2.05, 4.69) is 39.9 Å².